The fourth-order valence-corrected chi connectivity index (χ4v) is 2.20. The van der Waals surface area contributed by atoms with Gasteiger partial charge in [0.05, 0.1) is 24.7 Å². The Morgan fingerprint density at radius 2 is 1.68 bits per heavy atom. The van der Waals surface area contributed by atoms with E-state index in [0.29, 0.717) is 5.56 Å². The maximum atomic E-state index is 12.1. The molecular weight excluding hydrogens is 366 g/mol. The van der Waals surface area contributed by atoms with Crippen molar-refractivity contribution < 1.29 is 28.7 Å². The highest BCUT2D eigenvalue weighted by molar-refractivity contribution is 5.90. The van der Waals surface area contributed by atoms with Crippen LogP contribution in [-0.4, -0.2) is 31.1 Å². The molecule has 0 unspecified atom stereocenters. The number of methoxy groups -OCH3 is 2. The standard InChI is InChI=1S/C20H17NO7/c1-26-18-13-14(8-11-19(22)27-2)7-10-17(18)28-20(23)12-9-15-5-3-4-6-16(15)21(24)25/h3-13H,1-2H3/b11-8+,12-9+. The van der Waals surface area contributed by atoms with E-state index < -0.39 is 16.9 Å². The molecule has 0 atom stereocenters. The zero-order valence-corrected chi connectivity index (χ0v) is 15.2. The number of hydrogen-bond acceptors (Lipinski definition) is 7. The van der Waals surface area contributed by atoms with Crippen molar-refractivity contribution in [3.05, 3.63) is 75.9 Å². The molecule has 144 valence electrons. The smallest absolute Gasteiger partial charge is 0.336 e. The molecular formula is C20H17NO7. The minimum absolute atomic E-state index is 0.120. The van der Waals surface area contributed by atoms with Crippen molar-refractivity contribution in [3.8, 4) is 11.5 Å². The van der Waals surface area contributed by atoms with Gasteiger partial charge in [-0.15, -0.1) is 0 Å². The van der Waals surface area contributed by atoms with Gasteiger partial charge in [0, 0.05) is 18.2 Å². The van der Waals surface area contributed by atoms with Crippen molar-refractivity contribution in [2.75, 3.05) is 14.2 Å². The largest absolute Gasteiger partial charge is 0.493 e. The molecule has 0 aliphatic rings. The molecule has 0 bridgehead atoms. The van der Waals surface area contributed by atoms with E-state index in [-0.39, 0.29) is 22.7 Å². The van der Waals surface area contributed by atoms with E-state index in [1.165, 1.54) is 56.7 Å². The van der Waals surface area contributed by atoms with Gasteiger partial charge < -0.3 is 14.2 Å². The zero-order chi connectivity index (χ0) is 20.5. The number of rotatable bonds is 7. The Balaban J connectivity index is 2.14. The number of nitro groups is 1. The van der Waals surface area contributed by atoms with Gasteiger partial charge in [-0.2, -0.15) is 0 Å². The molecule has 8 heteroatoms. The lowest BCUT2D eigenvalue weighted by Gasteiger charge is -2.08. The molecule has 2 aromatic carbocycles. The Labute approximate surface area is 160 Å². The maximum Gasteiger partial charge on any atom is 0.336 e. The number of esters is 2. The Kier molecular flexibility index (Phi) is 7.04. The molecule has 0 spiro atoms. The molecule has 0 aliphatic heterocycles. The molecule has 0 saturated carbocycles. The molecule has 0 fully saturated rings. The summed E-state index contributed by atoms with van der Waals surface area (Å²) in [5.74, 6) is -0.793. The van der Waals surface area contributed by atoms with Crippen LogP contribution >= 0.6 is 0 Å². The first kappa shape index (κ1) is 20.4. The average molecular weight is 383 g/mol. The second-order valence-electron chi connectivity index (χ2n) is 5.34. The van der Waals surface area contributed by atoms with Gasteiger partial charge in [-0.25, -0.2) is 9.59 Å². The van der Waals surface area contributed by atoms with Crippen LogP contribution in [0.5, 0.6) is 11.5 Å². The van der Waals surface area contributed by atoms with Crippen molar-refractivity contribution in [1.29, 1.82) is 0 Å². The van der Waals surface area contributed by atoms with E-state index in [0.717, 1.165) is 6.08 Å². The normalized spacial score (nSPS) is 10.8. The third-order valence-electron chi connectivity index (χ3n) is 3.54. The number of hydrogen-bond donors (Lipinski definition) is 0. The van der Waals surface area contributed by atoms with Crippen molar-refractivity contribution in [2.45, 2.75) is 0 Å². The predicted molar refractivity (Wildman–Crippen MR) is 102 cm³/mol. The lowest BCUT2D eigenvalue weighted by atomic mass is 10.1. The fraction of sp³-hybridized carbons (Fsp3) is 0.100. The van der Waals surface area contributed by atoms with Gasteiger partial charge in [-0.05, 0) is 35.9 Å². The summed E-state index contributed by atoms with van der Waals surface area (Å²) < 4.78 is 14.9. The van der Waals surface area contributed by atoms with Crippen LogP contribution in [0.1, 0.15) is 11.1 Å². The van der Waals surface area contributed by atoms with Crippen LogP contribution in [0.25, 0.3) is 12.2 Å². The first-order valence-electron chi connectivity index (χ1n) is 8.02. The number of nitro benzene ring substituents is 1. The van der Waals surface area contributed by atoms with Crippen molar-refractivity contribution >= 4 is 29.8 Å². The Bertz CT molecular complexity index is 947. The lowest BCUT2D eigenvalue weighted by molar-refractivity contribution is -0.385. The van der Waals surface area contributed by atoms with Crippen LogP contribution in [0, 0.1) is 10.1 Å². The van der Waals surface area contributed by atoms with Crippen molar-refractivity contribution in [1.82, 2.24) is 0 Å². The quantitative estimate of drug-likeness (QED) is 0.237. The van der Waals surface area contributed by atoms with E-state index in [2.05, 4.69) is 4.74 Å². The molecule has 0 aromatic heterocycles. The number of para-hydroxylation sites is 1. The third kappa shape index (κ3) is 5.53. The molecule has 0 heterocycles. The summed E-state index contributed by atoms with van der Waals surface area (Å²) in [4.78, 5) is 33.7. The molecule has 0 saturated heterocycles. The second kappa shape index (κ2) is 9.67. The van der Waals surface area contributed by atoms with Gasteiger partial charge in [0.1, 0.15) is 0 Å². The molecule has 28 heavy (non-hydrogen) atoms. The highest BCUT2D eigenvalue weighted by Crippen LogP contribution is 2.29. The van der Waals surface area contributed by atoms with E-state index >= 15 is 0 Å². The van der Waals surface area contributed by atoms with Crippen LogP contribution in [0.4, 0.5) is 5.69 Å². The number of nitrogens with zero attached hydrogens (tertiary/aromatic N) is 1. The summed E-state index contributed by atoms with van der Waals surface area (Å²) in [7, 11) is 2.68. The summed E-state index contributed by atoms with van der Waals surface area (Å²) in [5.41, 5.74) is 0.795. The topological polar surface area (TPSA) is 105 Å². The van der Waals surface area contributed by atoms with Crippen LogP contribution in [0.15, 0.2) is 54.6 Å². The molecule has 0 N–H and O–H groups in total. The van der Waals surface area contributed by atoms with E-state index in [1.807, 2.05) is 0 Å². The SMILES string of the molecule is COC(=O)/C=C/c1ccc(OC(=O)/C=C/c2ccccc2[N+](=O)[O-])c(OC)c1. The van der Waals surface area contributed by atoms with Crippen LogP contribution < -0.4 is 9.47 Å². The molecule has 8 nitrogen and oxygen atoms in total. The summed E-state index contributed by atoms with van der Waals surface area (Å²) in [6.07, 6.45) is 5.16. The van der Waals surface area contributed by atoms with Gasteiger partial charge in [-0.1, -0.05) is 18.2 Å². The third-order valence-corrected chi connectivity index (χ3v) is 3.54. The molecule has 2 rings (SSSR count). The van der Waals surface area contributed by atoms with E-state index in [9.17, 15) is 19.7 Å². The minimum Gasteiger partial charge on any atom is -0.493 e. The van der Waals surface area contributed by atoms with Crippen molar-refractivity contribution in [3.63, 3.8) is 0 Å². The molecule has 2 aromatic rings. The van der Waals surface area contributed by atoms with Crippen LogP contribution in [0.3, 0.4) is 0 Å². The molecule has 0 radical (unpaired) electrons. The lowest BCUT2D eigenvalue weighted by Crippen LogP contribution is -2.05. The van der Waals surface area contributed by atoms with E-state index in [1.54, 1.807) is 18.2 Å². The fourth-order valence-electron chi connectivity index (χ4n) is 2.20. The predicted octanol–water partition coefficient (Wildman–Crippen LogP) is 3.41. The van der Waals surface area contributed by atoms with Gasteiger partial charge in [0.15, 0.2) is 11.5 Å². The summed E-state index contributed by atoms with van der Waals surface area (Å²) in [6.45, 7) is 0. The van der Waals surface area contributed by atoms with Gasteiger partial charge in [0.25, 0.3) is 5.69 Å². The Hall–Kier alpha value is -3.94. The average Bonchev–Trinajstić information content (AvgIpc) is 2.71. The van der Waals surface area contributed by atoms with Crippen molar-refractivity contribution in [2.24, 2.45) is 0 Å². The van der Waals surface area contributed by atoms with Gasteiger partial charge >= 0.3 is 11.9 Å². The monoisotopic (exact) mass is 383 g/mol. The van der Waals surface area contributed by atoms with Gasteiger partial charge in [-0.3, -0.25) is 10.1 Å². The Morgan fingerprint density at radius 3 is 2.36 bits per heavy atom. The maximum absolute atomic E-state index is 12.1. The minimum atomic E-state index is -0.727. The first-order chi connectivity index (χ1) is 13.4. The zero-order valence-electron chi connectivity index (χ0n) is 15.2. The second-order valence-corrected chi connectivity index (χ2v) is 5.34. The molecule has 0 aliphatic carbocycles. The summed E-state index contributed by atoms with van der Waals surface area (Å²) >= 11 is 0. The van der Waals surface area contributed by atoms with E-state index in [4.69, 9.17) is 9.47 Å². The Morgan fingerprint density at radius 1 is 0.964 bits per heavy atom. The number of carbonyl (C=O) groups is 2. The van der Waals surface area contributed by atoms with Crippen LogP contribution in [-0.2, 0) is 14.3 Å². The highest BCUT2D eigenvalue weighted by Gasteiger charge is 2.12. The number of benzene rings is 2. The number of ether oxygens (including phenoxy) is 3. The number of carbonyl (C=O) groups excluding carboxylic acids is 2. The van der Waals surface area contributed by atoms with Gasteiger partial charge in [0.2, 0.25) is 0 Å². The summed E-state index contributed by atoms with van der Waals surface area (Å²) in [5, 5.41) is 11.0. The first-order valence-corrected chi connectivity index (χ1v) is 8.02. The summed E-state index contributed by atoms with van der Waals surface area (Å²) in [6, 6.07) is 10.7. The highest BCUT2D eigenvalue weighted by atomic mass is 16.6. The van der Waals surface area contributed by atoms with Crippen LogP contribution in [0.2, 0.25) is 0 Å². The molecule has 0 amide bonds.